The first kappa shape index (κ1) is 19.1. The van der Waals surface area contributed by atoms with Gasteiger partial charge in [-0.15, -0.1) is 0 Å². The molecule has 1 aliphatic rings. The number of para-hydroxylation sites is 2. The van der Waals surface area contributed by atoms with Crippen LogP contribution in [0.3, 0.4) is 0 Å². The third-order valence-electron chi connectivity index (χ3n) is 4.65. The molecule has 1 unspecified atom stereocenters. The van der Waals surface area contributed by atoms with Gasteiger partial charge in [-0.1, -0.05) is 12.1 Å². The van der Waals surface area contributed by atoms with E-state index < -0.39 is 17.6 Å². The minimum absolute atomic E-state index is 0.000219. The van der Waals surface area contributed by atoms with Crippen LogP contribution < -0.4 is 20.5 Å². The molecule has 144 valence electrons. The number of ether oxygens (including phenoxy) is 1. The number of anilines is 1. The number of nitrogens with zero attached hydrogens (tertiary/aromatic N) is 4. The molecule has 1 atom stereocenters. The van der Waals surface area contributed by atoms with Gasteiger partial charge in [-0.2, -0.15) is 10.4 Å². The van der Waals surface area contributed by atoms with Gasteiger partial charge in [0.1, 0.15) is 23.9 Å². The number of amides is 2. The molecule has 1 aromatic carbocycles. The highest BCUT2D eigenvalue weighted by Gasteiger charge is 2.33. The Bertz CT molecular complexity index is 1050. The van der Waals surface area contributed by atoms with Crippen LogP contribution in [0, 0.1) is 25.2 Å². The molecule has 0 bridgehead atoms. The van der Waals surface area contributed by atoms with Crippen LogP contribution in [0.2, 0.25) is 0 Å². The third-order valence-corrected chi connectivity index (χ3v) is 4.65. The second kappa shape index (κ2) is 7.52. The highest BCUT2D eigenvalue weighted by molar-refractivity contribution is 5.97. The van der Waals surface area contributed by atoms with Crippen LogP contribution >= 0.6 is 0 Å². The number of nitriles is 1. The molecule has 0 radical (unpaired) electrons. The Hall–Kier alpha value is -3.67. The number of aromatic nitrogens is 2. The molecule has 1 N–H and O–H groups in total. The minimum atomic E-state index is -0.872. The van der Waals surface area contributed by atoms with Crippen molar-refractivity contribution in [1.82, 2.24) is 15.1 Å². The van der Waals surface area contributed by atoms with E-state index in [2.05, 4.69) is 10.4 Å². The second-order valence-electron chi connectivity index (χ2n) is 6.35. The summed E-state index contributed by atoms with van der Waals surface area (Å²) in [5.74, 6) is -0.402. The number of hydrogen-bond acceptors (Lipinski definition) is 6. The summed E-state index contributed by atoms with van der Waals surface area (Å²) in [6.07, 6.45) is -0.872. The van der Waals surface area contributed by atoms with Crippen LogP contribution in [0.1, 0.15) is 16.8 Å². The van der Waals surface area contributed by atoms with Gasteiger partial charge in [-0.25, -0.2) is 4.68 Å². The number of hydrogen-bond donors (Lipinski definition) is 1. The number of rotatable bonds is 3. The van der Waals surface area contributed by atoms with Gasteiger partial charge < -0.3 is 15.0 Å². The Kier molecular flexibility index (Phi) is 5.13. The molecule has 3 rings (SSSR count). The zero-order chi connectivity index (χ0) is 20.4. The SMILES string of the molecule is CNC(=O)C1CN(C(=O)Cn2nc(C)c(C)c(C#N)c2=O)c2ccccc2O1. The van der Waals surface area contributed by atoms with Gasteiger partial charge in [-0.05, 0) is 31.5 Å². The number of fused-ring (bicyclic) bond motifs is 1. The van der Waals surface area contributed by atoms with E-state index in [4.69, 9.17) is 4.74 Å². The van der Waals surface area contributed by atoms with Crippen molar-refractivity contribution in [3.8, 4) is 11.8 Å². The number of likely N-dealkylation sites (N-methyl/N-ethyl adjacent to an activating group) is 1. The summed E-state index contributed by atoms with van der Waals surface area (Å²) < 4.78 is 6.66. The first-order valence-electron chi connectivity index (χ1n) is 8.63. The summed E-state index contributed by atoms with van der Waals surface area (Å²) in [7, 11) is 1.49. The topological polar surface area (TPSA) is 117 Å². The molecule has 9 nitrogen and oxygen atoms in total. The van der Waals surface area contributed by atoms with E-state index in [-0.39, 0.29) is 24.6 Å². The third kappa shape index (κ3) is 3.32. The average molecular weight is 381 g/mol. The number of nitrogens with one attached hydrogen (secondary N) is 1. The molecule has 1 aromatic heterocycles. The molecule has 2 heterocycles. The standard InChI is InChI=1S/C19H19N5O4/c1-11-12(2)22-24(19(27)13(11)8-20)10-17(25)23-9-16(18(26)21-3)28-15-7-5-4-6-14(15)23/h4-7,16H,9-10H2,1-3H3,(H,21,26). The Morgan fingerprint density at radius 2 is 2.07 bits per heavy atom. The van der Waals surface area contributed by atoms with Gasteiger partial charge >= 0.3 is 0 Å². The molecule has 0 fully saturated rings. The molecular weight excluding hydrogens is 362 g/mol. The normalized spacial score (nSPS) is 15.2. The molecule has 9 heteroatoms. The summed E-state index contributed by atoms with van der Waals surface area (Å²) in [4.78, 5) is 38.9. The van der Waals surface area contributed by atoms with E-state index in [9.17, 15) is 19.6 Å². The molecule has 1 aliphatic heterocycles. The molecule has 2 amide bonds. The molecule has 0 aliphatic carbocycles. The summed E-state index contributed by atoms with van der Waals surface area (Å²) in [5.41, 5.74) is 0.835. The van der Waals surface area contributed by atoms with Crippen molar-refractivity contribution in [2.75, 3.05) is 18.5 Å². The largest absolute Gasteiger partial charge is 0.477 e. The second-order valence-corrected chi connectivity index (χ2v) is 6.35. The smallest absolute Gasteiger partial charge is 0.285 e. The van der Waals surface area contributed by atoms with Crippen molar-refractivity contribution in [3.05, 3.63) is 51.4 Å². The van der Waals surface area contributed by atoms with Crippen molar-refractivity contribution in [2.45, 2.75) is 26.5 Å². The van der Waals surface area contributed by atoms with Crippen LogP contribution in [-0.4, -0.2) is 41.3 Å². The lowest BCUT2D eigenvalue weighted by atomic mass is 10.1. The molecule has 0 spiro atoms. The van der Waals surface area contributed by atoms with Crippen LogP contribution in [-0.2, 0) is 16.1 Å². The number of benzene rings is 1. The predicted octanol–water partition coefficient (Wildman–Crippen LogP) is 0.272. The van der Waals surface area contributed by atoms with E-state index in [1.54, 1.807) is 38.1 Å². The van der Waals surface area contributed by atoms with Crippen molar-refractivity contribution in [2.24, 2.45) is 0 Å². The van der Waals surface area contributed by atoms with Gasteiger partial charge in [0, 0.05) is 7.05 Å². The fraction of sp³-hybridized carbons (Fsp3) is 0.316. The maximum atomic E-state index is 13.0. The van der Waals surface area contributed by atoms with E-state index in [1.807, 2.05) is 6.07 Å². The van der Waals surface area contributed by atoms with Gasteiger partial charge in [0.05, 0.1) is 17.9 Å². The number of carbonyl (C=O) groups is 2. The Morgan fingerprint density at radius 3 is 2.75 bits per heavy atom. The lowest BCUT2D eigenvalue weighted by Crippen LogP contribution is -2.51. The molecule has 28 heavy (non-hydrogen) atoms. The minimum Gasteiger partial charge on any atom is -0.477 e. The summed E-state index contributed by atoms with van der Waals surface area (Å²) in [6.45, 7) is 2.95. The lowest BCUT2D eigenvalue weighted by molar-refractivity contribution is -0.128. The van der Waals surface area contributed by atoms with Gasteiger partial charge in [0.2, 0.25) is 5.91 Å². The Labute approximate surface area is 161 Å². The van der Waals surface area contributed by atoms with Crippen molar-refractivity contribution < 1.29 is 14.3 Å². The summed E-state index contributed by atoms with van der Waals surface area (Å²) in [6, 6.07) is 8.72. The van der Waals surface area contributed by atoms with Crippen molar-refractivity contribution in [1.29, 1.82) is 5.26 Å². The monoisotopic (exact) mass is 381 g/mol. The Balaban J connectivity index is 1.97. The summed E-state index contributed by atoms with van der Waals surface area (Å²) in [5, 5.41) is 15.9. The number of aryl methyl sites for hydroxylation is 1. The van der Waals surface area contributed by atoms with Crippen LogP contribution in [0.4, 0.5) is 5.69 Å². The number of carbonyl (C=O) groups excluding carboxylic acids is 2. The van der Waals surface area contributed by atoms with Gasteiger partial charge in [0.15, 0.2) is 6.10 Å². The van der Waals surface area contributed by atoms with Gasteiger partial charge in [0.25, 0.3) is 11.5 Å². The molecule has 2 aromatic rings. The van der Waals surface area contributed by atoms with Crippen LogP contribution in [0.5, 0.6) is 5.75 Å². The lowest BCUT2D eigenvalue weighted by Gasteiger charge is -2.34. The first-order valence-corrected chi connectivity index (χ1v) is 8.63. The van der Waals surface area contributed by atoms with Crippen LogP contribution in [0.15, 0.2) is 29.1 Å². The van der Waals surface area contributed by atoms with E-state index in [1.165, 1.54) is 11.9 Å². The van der Waals surface area contributed by atoms with E-state index in [0.717, 1.165) is 4.68 Å². The predicted molar refractivity (Wildman–Crippen MR) is 100.0 cm³/mol. The first-order chi connectivity index (χ1) is 13.4. The Morgan fingerprint density at radius 1 is 1.36 bits per heavy atom. The molecule has 0 saturated carbocycles. The van der Waals surface area contributed by atoms with Crippen LogP contribution in [0.25, 0.3) is 0 Å². The fourth-order valence-corrected chi connectivity index (χ4v) is 2.99. The highest BCUT2D eigenvalue weighted by Crippen LogP contribution is 2.33. The average Bonchev–Trinajstić information content (AvgIpc) is 2.70. The van der Waals surface area contributed by atoms with Gasteiger partial charge in [-0.3, -0.25) is 14.4 Å². The molecular formula is C19H19N5O4. The quantitative estimate of drug-likeness (QED) is 0.816. The highest BCUT2D eigenvalue weighted by atomic mass is 16.5. The van der Waals surface area contributed by atoms with E-state index >= 15 is 0 Å². The maximum Gasteiger partial charge on any atom is 0.285 e. The fourth-order valence-electron chi connectivity index (χ4n) is 2.99. The molecule has 0 saturated heterocycles. The van der Waals surface area contributed by atoms with Crippen molar-refractivity contribution in [3.63, 3.8) is 0 Å². The van der Waals surface area contributed by atoms with E-state index in [0.29, 0.717) is 22.7 Å². The zero-order valence-corrected chi connectivity index (χ0v) is 15.7. The zero-order valence-electron chi connectivity index (χ0n) is 15.7. The maximum absolute atomic E-state index is 13.0. The van der Waals surface area contributed by atoms with Crippen molar-refractivity contribution >= 4 is 17.5 Å². The summed E-state index contributed by atoms with van der Waals surface area (Å²) >= 11 is 0.